The van der Waals surface area contributed by atoms with Gasteiger partial charge in [-0.2, -0.15) is 0 Å². The van der Waals surface area contributed by atoms with Crippen molar-refractivity contribution in [2.45, 2.75) is 13.0 Å². The van der Waals surface area contributed by atoms with E-state index in [1.54, 1.807) is 0 Å². The van der Waals surface area contributed by atoms with Gasteiger partial charge in [-0.25, -0.2) is 4.98 Å². The van der Waals surface area contributed by atoms with Crippen molar-refractivity contribution in [1.29, 1.82) is 0 Å². The Morgan fingerprint density at radius 3 is 2.62 bits per heavy atom. The Morgan fingerprint density at radius 2 is 1.88 bits per heavy atom. The van der Waals surface area contributed by atoms with Crippen LogP contribution in [-0.2, 0) is 0 Å². The summed E-state index contributed by atoms with van der Waals surface area (Å²) < 4.78 is 5.90. The van der Waals surface area contributed by atoms with E-state index < -0.39 is 0 Å². The molecule has 1 fully saturated rings. The van der Waals surface area contributed by atoms with Gasteiger partial charge in [0.15, 0.2) is 0 Å². The maximum atomic E-state index is 6.04. The molecule has 0 radical (unpaired) electrons. The van der Waals surface area contributed by atoms with Gasteiger partial charge in [-0.15, -0.1) is 10.2 Å². The SMILES string of the molecule is CC(c1nnc(-c2cccc(Cl)c2)o1)N1CCN(c2ccccn2)CC1. The Morgan fingerprint density at radius 1 is 1.04 bits per heavy atom. The fraction of sp³-hybridized carbons (Fsp3) is 0.316. The molecule has 26 heavy (non-hydrogen) atoms. The van der Waals surface area contributed by atoms with Gasteiger partial charge in [-0.05, 0) is 37.3 Å². The minimum absolute atomic E-state index is 0.0707. The molecule has 1 saturated heterocycles. The van der Waals surface area contributed by atoms with Gasteiger partial charge < -0.3 is 9.32 Å². The zero-order valence-electron chi connectivity index (χ0n) is 14.5. The van der Waals surface area contributed by atoms with E-state index in [2.05, 4.69) is 31.9 Å². The highest BCUT2D eigenvalue weighted by atomic mass is 35.5. The van der Waals surface area contributed by atoms with Gasteiger partial charge in [-0.1, -0.05) is 23.7 Å². The highest BCUT2D eigenvalue weighted by Gasteiger charge is 2.26. The van der Waals surface area contributed by atoms with Crippen LogP contribution in [0.25, 0.3) is 11.5 Å². The third kappa shape index (κ3) is 3.57. The normalized spacial score (nSPS) is 16.6. The van der Waals surface area contributed by atoms with Crippen LogP contribution in [0.1, 0.15) is 18.9 Å². The summed E-state index contributed by atoms with van der Waals surface area (Å²) in [5, 5.41) is 9.08. The first-order valence-electron chi connectivity index (χ1n) is 8.70. The molecule has 1 aliphatic heterocycles. The molecular weight excluding hydrogens is 350 g/mol. The number of piperazine rings is 1. The van der Waals surface area contributed by atoms with E-state index in [1.165, 1.54) is 0 Å². The summed E-state index contributed by atoms with van der Waals surface area (Å²) in [5.41, 5.74) is 0.837. The lowest BCUT2D eigenvalue weighted by molar-refractivity contribution is 0.173. The molecule has 1 atom stereocenters. The lowest BCUT2D eigenvalue weighted by Crippen LogP contribution is -2.47. The summed E-state index contributed by atoms with van der Waals surface area (Å²) >= 11 is 6.04. The molecule has 0 amide bonds. The van der Waals surface area contributed by atoms with E-state index in [0.29, 0.717) is 16.8 Å². The third-order valence-corrected chi connectivity index (χ3v) is 4.94. The fourth-order valence-corrected chi connectivity index (χ4v) is 3.37. The maximum absolute atomic E-state index is 6.04. The zero-order valence-corrected chi connectivity index (χ0v) is 15.3. The second-order valence-corrected chi connectivity index (χ2v) is 6.78. The Labute approximate surface area is 157 Å². The van der Waals surface area contributed by atoms with E-state index in [0.717, 1.165) is 37.6 Å². The summed E-state index contributed by atoms with van der Waals surface area (Å²) in [7, 11) is 0. The molecular formula is C19H20ClN5O. The Balaban J connectivity index is 1.42. The van der Waals surface area contributed by atoms with Crippen LogP contribution >= 0.6 is 11.6 Å². The average Bonchev–Trinajstić information content (AvgIpc) is 3.18. The summed E-state index contributed by atoms with van der Waals surface area (Å²) in [6.07, 6.45) is 1.83. The van der Waals surface area contributed by atoms with Crippen LogP contribution in [0.5, 0.6) is 0 Å². The molecule has 0 aliphatic carbocycles. The van der Waals surface area contributed by atoms with E-state index in [9.17, 15) is 0 Å². The largest absolute Gasteiger partial charge is 0.419 e. The Hall–Kier alpha value is -2.44. The Kier molecular flexibility index (Phi) is 4.86. The Bertz CT molecular complexity index is 861. The molecule has 0 spiro atoms. The summed E-state index contributed by atoms with van der Waals surface area (Å²) in [6.45, 7) is 5.80. The van der Waals surface area contributed by atoms with Crippen molar-refractivity contribution in [3.8, 4) is 11.5 Å². The molecule has 0 saturated carbocycles. The average molecular weight is 370 g/mol. The van der Waals surface area contributed by atoms with Crippen molar-refractivity contribution in [2.75, 3.05) is 31.1 Å². The number of benzene rings is 1. The first-order valence-corrected chi connectivity index (χ1v) is 9.08. The predicted octanol–water partition coefficient (Wildman–Crippen LogP) is 3.67. The molecule has 1 unspecified atom stereocenters. The topological polar surface area (TPSA) is 58.3 Å². The molecule has 2 aromatic heterocycles. The summed E-state index contributed by atoms with van der Waals surface area (Å²) in [4.78, 5) is 9.09. The van der Waals surface area contributed by atoms with Crippen molar-refractivity contribution in [2.24, 2.45) is 0 Å². The molecule has 4 rings (SSSR count). The number of hydrogen-bond donors (Lipinski definition) is 0. The fourth-order valence-electron chi connectivity index (χ4n) is 3.18. The van der Waals surface area contributed by atoms with Gasteiger partial charge in [0.2, 0.25) is 11.8 Å². The van der Waals surface area contributed by atoms with Crippen molar-refractivity contribution in [3.63, 3.8) is 0 Å². The number of rotatable bonds is 4. The lowest BCUT2D eigenvalue weighted by atomic mass is 10.2. The van der Waals surface area contributed by atoms with Crippen LogP contribution in [-0.4, -0.2) is 46.3 Å². The molecule has 0 N–H and O–H groups in total. The third-order valence-electron chi connectivity index (χ3n) is 4.70. The molecule has 7 heteroatoms. The first kappa shape index (κ1) is 17.0. The van der Waals surface area contributed by atoms with Crippen molar-refractivity contribution in [3.05, 3.63) is 59.6 Å². The minimum atomic E-state index is 0.0707. The predicted molar refractivity (Wildman–Crippen MR) is 101 cm³/mol. The monoisotopic (exact) mass is 369 g/mol. The maximum Gasteiger partial charge on any atom is 0.247 e. The second-order valence-electron chi connectivity index (χ2n) is 6.34. The van der Waals surface area contributed by atoms with Crippen LogP contribution in [0, 0.1) is 0 Å². The van der Waals surface area contributed by atoms with Crippen LogP contribution in [0.2, 0.25) is 5.02 Å². The van der Waals surface area contributed by atoms with E-state index >= 15 is 0 Å². The minimum Gasteiger partial charge on any atom is -0.419 e. The molecule has 1 aliphatic rings. The molecule has 3 aromatic rings. The van der Waals surface area contributed by atoms with Crippen molar-refractivity contribution >= 4 is 17.4 Å². The number of nitrogens with zero attached hydrogens (tertiary/aromatic N) is 5. The van der Waals surface area contributed by atoms with Gasteiger partial charge in [0.25, 0.3) is 0 Å². The zero-order chi connectivity index (χ0) is 17.9. The van der Waals surface area contributed by atoms with E-state index in [4.69, 9.17) is 16.0 Å². The number of aromatic nitrogens is 3. The first-order chi connectivity index (χ1) is 12.7. The smallest absolute Gasteiger partial charge is 0.247 e. The van der Waals surface area contributed by atoms with Gasteiger partial charge in [-0.3, -0.25) is 4.90 Å². The van der Waals surface area contributed by atoms with Crippen LogP contribution < -0.4 is 4.90 Å². The van der Waals surface area contributed by atoms with Crippen LogP contribution in [0.4, 0.5) is 5.82 Å². The van der Waals surface area contributed by atoms with Gasteiger partial charge in [0, 0.05) is 43.0 Å². The second kappa shape index (κ2) is 7.43. The summed E-state index contributed by atoms with van der Waals surface area (Å²) in [5.74, 6) is 2.16. The molecule has 0 bridgehead atoms. The van der Waals surface area contributed by atoms with Gasteiger partial charge >= 0.3 is 0 Å². The van der Waals surface area contributed by atoms with Gasteiger partial charge in [0.05, 0.1) is 6.04 Å². The lowest BCUT2D eigenvalue weighted by Gasteiger charge is -2.37. The molecule has 6 nitrogen and oxygen atoms in total. The standard InChI is InChI=1S/C19H20ClN5O/c1-14(18-22-23-19(26-18)15-5-4-6-16(20)13-15)24-9-11-25(12-10-24)17-7-2-3-8-21-17/h2-8,13-14H,9-12H2,1H3. The summed E-state index contributed by atoms with van der Waals surface area (Å²) in [6, 6.07) is 13.5. The van der Waals surface area contributed by atoms with E-state index in [1.807, 2.05) is 48.7 Å². The number of pyridine rings is 1. The number of halogens is 1. The van der Waals surface area contributed by atoms with E-state index in [-0.39, 0.29) is 6.04 Å². The van der Waals surface area contributed by atoms with Crippen molar-refractivity contribution in [1.82, 2.24) is 20.1 Å². The highest BCUT2D eigenvalue weighted by molar-refractivity contribution is 6.30. The molecule has 3 heterocycles. The molecule has 134 valence electrons. The molecule has 1 aromatic carbocycles. The van der Waals surface area contributed by atoms with Crippen LogP contribution in [0.15, 0.2) is 53.1 Å². The van der Waals surface area contributed by atoms with Crippen molar-refractivity contribution < 1.29 is 4.42 Å². The number of hydrogen-bond acceptors (Lipinski definition) is 6. The highest BCUT2D eigenvalue weighted by Crippen LogP contribution is 2.26. The van der Waals surface area contributed by atoms with Crippen LogP contribution in [0.3, 0.4) is 0 Å². The quantitative estimate of drug-likeness (QED) is 0.699. The number of anilines is 1. The van der Waals surface area contributed by atoms with Gasteiger partial charge in [0.1, 0.15) is 5.82 Å².